The Morgan fingerprint density at radius 3 is 1.24 bits per heavy atom. The van der Waals surface area contributed by atoms with Crippen molar-refractivity contribution in [1.29, 1.82) is 0 Å². The number of hydrogen-bond donors (Lipinski definition) is 4. The van der Waals surface area contributed by atoms with Gasteiger partial charge in [0.25, 0.3) is 0 Å². The van der Waals surface area contributed by atoms with Crippen LogP contribution in [0, 0.1) is 34.5 Å². The average molecular weight is 585 g/mol. The second-order valence-electron chi connectivity index (χ2n) is 13.8. The van der Waals surface area contributed by atoms with Crippen molar-refractivity contribution in [3.8, 4) is 0 Å². The summed E-state index contributed by atoms with van der Waals surface area (Å²) < 4.78 is 0. The van der Waals surface area contributed by atoms with Crippen LogP contribution in [0.1, 0.15) is 128 Å². The van der Waals surface area contributed by atoms with E-state index >= 15 is 0 Å². The quantitative estimate of drug-likeness (QED) is 0.233. The second kappa shape index (κ2) is 12.5. The van der Waals surface area contributed by atoms with Crippen molar-refractivity contribution in [2.75, 3.05) is 0 Å². The molecule has 0 spiro atoms. The molecule has 0 aromatic heterocycles. The van der Waals surface area contributed by atoms with Gasteiger partial charge in [-0.25, -0.2) is 9.59 Å². The van der Waals surface area contributed by atoms with Gasteiger partial charge in [-0.3, -0.25) is 9.59 Å². The Morgan fingerprint density at radius 1 is 0.476 bits per heavy atom. The van der Waals surface area contributed by atoms with Crippen LogP contribution in [0.3, 0.4) is 0 Å². The molecule has 42 heavy (non-hydrogen) atoms. The first-order chi connectivity index (χ1) is 20.2. The van der Waals surface area contributed by atoms with Gasteiger partial charge in [-0.05, 0) is 86.2 Å². The minimum atomic E-state index is -2.23. The maximum Gasteiger partial charge on any atom is 0.335 e. The molecule has 0 radical (unpaired) electrons. The van der Waals surface area contributed by atoms with E-state index in [0.29, 0.717) is 64.2 Å². The van der Waals surface area contributed by atoms with Gasteiger partial charge >= 0.3 is 23.9 Å². The van der Waals surface area contributed by atoms with E-state index in [1.165, 1.54) is 0 Å². The lowest BCUT2D eigenvalue weighted by atomic mass is 9.39. The summed E-state index contributed by atoms with van der Waals surface area (Å²) in [6, 6.07) is 0. The van der Waals surface area contributed by atoms with E-state index in [9.17, 15) is 39.6 Å². The SMILES string of the molecule is O=C(O)C1=C(C2CCCCC2)C(C(=O)O)(C2CCCCC2)C(C(=O)O)(C2CCCCC2)C(C(=O)O)=C1C1CCCCC1. The lowest BCUT2D eigenvalue weighted by Gasteiger charge is -2.60. The Kier molecular flexibility index (Phi) is 9.19. The molecular weight excluding hydrogens is 536 g/mol. The molecule has 4 fully saturated rings. The molecule has 0 aromatic rings. The van der Waals surface area contributed by atoms with Crippen LogP contribution in [0.5, 0.6) is 0 Å². The molecule has 4 saturated carbocycles. The monoisotopic (exact) mass is 584 g/mol. The number of carboxylic acids is 4. The summed E-state index contributed by atoms with van der Waals surface area (Å²) in [4.78, 5) is 55.8. The molecule has 5 aliphatic carbocycles. The molecule has 232 valence electrons. The van der Waals surface area contributed by atoms with Crippen LogP contribution in [-0.2, 0) is 19.2 Å². The predicted molar refractivity (Wildman–Crippen MR) is 156 cm³/mol. The Morgan fingerprint density at radius 2 is 0.857 bits per heavy atom. The van der Waals surface area contributed by atoms with Gasteiger partial charge < -0.3 is 20.4 Å². The molecule has 4 N–H and O–H groups in total. The van der Waals surface area contributed by atoms with E-state index < -0.39 is 58.0 Å². The van der Waals surface area contributed by atoms with Gasteiger partial charge in [-0.1, -0.05) is 77.0 Å². The molecule has 0 aromatic carbocycles. The molecule has 5 rings (SSSR count). The fourth-order valence-electron chi connectivity index (χ4n) is 10.4. The Hall–Kier alpha value is -2.64. The van der Waals surface area contributed by atoms with Gasteiger partial charge in [0.1, 0.15) is 10.8 Å². The smallest absolute Gasteiger partial charge is 0.335 e. The van der Waals surface area contributed by atoms with Crippen LogP contribution in [0.15, 0.2) is 22.3 Å². The normalized spacial score (nSPS) is 31.2. The van der Waals surface area contributed by atoms with Crippen molar-refractivity contribution < 1.29 is 39.6 Å². The van der Waals surface area contributed by atoms with Crippen LogP contribution in [0.2, 0.25) is 0 Å². The highest BCUT2D eigenvalue weighted by molar-refractivity contribution is 6.09. The van der Waals surface area contributed by atoms with Crippen molar-refractivity contribution in [1.82, 2.24) is 0 Å². The summed E-state index contributed by atoms with van der Waals surface area (Å²) in [5.41, 5.74) is -4.48. The van der Waals surface area contributed by atoms with Crippen molar-refractivity contribution in [3.05, 3.63) is 22.3 Å². The van der Waals surface area contributed by atoms with Crippen molar-refractivity contribution >= 4 is 23.9 Å². The third-order valence-electron chi connectivity index (χ3n) is 11.8. The lowest BCUT2D eigenvalue weighted by molar-refractivity contribution is -0.184. The molecular formula is C34H48O8. The number of rotatable bonds is 8. The fourth-order valence-corrected chi connectivity index (χ4v) is 10.4. The Labute approximate surface area is 248 Å². The van der Waals surface area contributed by atoms with E-state index in [1.54, 1.807) is 0 Å². The van der Waals surface area contributed by atoms with Gasteiger partial charge in [0, 0.05) is 0 Å². The first kappa shape index (κ1) is 30.8. The molecule has 8 heteroatoms. The van der Waals surface area contributed by atoms with Crippen LogP contribution in [-0.4, -0.2) is 44.3 Å². The van der Waals surface area contributed by atoms with E-state index in [1.807, 2.05) is 0 Å². The van der Waals surface area contributed by atoms with E-state index in [2.05, 4.69) is 0 Å². The highest BCUT2D eigenvalue weighted by Crippen LogP contribution is 2.70. The minimum absolute atomic E-state index is 0.146. The van der Waals surface area contributed by atoms with Crippen LogP contribution in [0.25, 0.3) is 0 Å². The van der Waals surface area contributed by atoms with Crippen molar-refractivity contribution in [2.45, 2.75) is 128 Å². The summed E-state index contributed by atoms with van der Waals surface area (Å²) in [5, 5.41) is 45.4. The Bertz CT molecular complexity index is 1140. The molecule has 8 nitrogen and oxygen atoms in total. The van der Waals surface area contributed by atoms with E-state index in [-0.39, 0.29) is 22.6 Å². The summed E-state index contributed by atoms with van der Waals surface area (Å²) in [6.45, 7) is 0. The molecule has 0 aliphatic heterocycles. The van der Waals surface area contributed by atoms with Crippen LogP contribution < -0.4 is 0 Å². The molecule has 2 unspecified atom stereocenters. The van der Waals surface area contributed by atoms with Gasteiger partial charge in [-0.15, -0.1) is 0 Å². The second-order valence-corrected chi connectivity index (χ2v) is 13.8. The molecule has 5 aliphatic rings. The highest BCUT2D eigenvalue weighted by atomic mass is 16.4. The Balaban J connectivity index is 2.00. The first-order valence-electron chi connectivity index (χ1n) is 16.6. The first-order valence-corrected chi connectivity index (χ1v) is 16.6. The number of carbonyl (C=O) groups is 4. The topological polar surface area (TPSA) is 149 Å². The van der Waals surface area contributed by atoms with E-state index in [4.69, 9.17) is 0 Å². The van der Waals surface area contributed by atoms with Crippen LogP contribution in [0.4, 0.5) is 0 Å². The molecule has 0 bridgehead atoms. The fraction of sp³-hybridized carbons (Fsp3) is 0.765. The van der Waals surface area contributed by atoms with Gasteiger partial charge in [-0.2, -0.15) is 0 Å². The van der Waals surface area contributed by atoms with Crippen molar-refractivity contribution in [3.63, 3.8) is 0 Å². The molecule has 0 saturated heterocycles. The van der Waals surface area contributed by atoms with E-state index in [0.717, 1.165) is 64.2 Å². The summed E-state index contributed by atoms with van der Waals surface area (Å²) >= 11 is 0. The number of carboxylic acid groups (broad SMARTS) is 4. The zero-order chi connectivity index (χ0) is 30.1. The lowest BCUT2D eigenvalue weighted by Crippen LogP contribution is -2.66. The van der Waals surface area contributed by atoms with Gasteiger partial charge in [0.2, 0.25) is 0 Å². The number of aliphatic carboxylic acids is 4. The zero-order valence-corrected chi connectivity index (χ0v) is 24.9. The molecule has 0 amide bonds. The van der Waals surface area contributed by atoms with Gasteiger partial charge in [0.15, 0.2) is 0 Å². The predicted octanol–water partition coefficient (Wildman–Crippen LogP) is 7.23. The third-order valence-corrected chi connectivity index (χ3v) is 11.8. The van der Waals surface area contributed by atoms with Crippen molar-refractivity contribution in [2.24, 2.45) is 34.5 Å². The highest BCUT2D eigenvalue weighted by Gasteiger charge is 2.75. The summed E-state index contributed by atoms with van der Waals surface area (Å²) in [6.07, 6.45) is 14.0. The zero-order valence-electron chi connectivity index (χ0n) is 24.9. The molecule has 2 atom stereocenters. The van der Waals surface area contributed by atoms with Crippen LogP contribution >= 0.6 is 0 Å². The summed E-state index contributed by atoms with van der Waals surface area (Å²) in [7, 11) is 0. The standard InChI is InChI=1S/C34H48O8/c35-29(36)26-25(21-13-5-1-6-14-21)28(30(37)38)34(32(41)42,24-19-11-4-12-20-24)33(31(39)40,23-17-9-3-10-18-23)27(26)22-15-7-2-8-16-22/h21-24H,1-20H2,(H,35,36)(H,37,38)(H,39,40)(H,41,42). The minimum Gasteiger partial charge on any atom is -0.481 e. The third kappa shape index (κ3) is 4.71. The summed E-state index contributed by atoms with van der Waals surface area (Å²) in [5.74, 6) is -7.59. The molecule has 0 heterocycles. The maximum atomic E-state index is 14.3. The largest absolute Gasteiger partial charge is 0.481 e. The number of hydrogen-bond acceptors (Lipinski definition) is 4. The maximum absolute atomic E-state index is 14.3. The van der Waals surface area contributed by atoms with Gasteiger partial charge in [0.05, 0.1) is 11.1 Å². The average Bonchev–Trinajstić information content (AvgIpc) is 3.00.